The zero-order valence-corrected chi connectivity index (χ0v) is 49.7. The maximum Gasteiger partial charge on any atom is 0.187 e. The van der Waals surface area contributed by atoms with E-state index in [1.54, 1.807) is 0 Å². The van der Waals surface area contributed by atoms with E-state index in [1.807, 2.05) is 36.4 Å². The second kappa shape index (κ2) is 20.2. The highest BCUT2D eigenvalue weighted by Gasteiger charge is 2.39. The van der Waals surface area contributed by atoms with E-state index in [-0.39, 0.29) is 16.2 Å². The molecule has 87 heavy (non-hydrogen) atoms. The van der Waals surface area contributed by atoms with E-state index >= 15 is 0 Å². The fraction of sp³-hybridized carbons (Fsp3) is 0.108. The van der Waals surface area contributed by atoms with Gasteiger partial charge in [-0.15, -0.1) is 0 Å². The number of rotatable bonds is 10. The van der Waals surface area contributed by atoms with Crippen LogP contribution in [0.4, 0.5) is 39.8 Å². The Kier molecular flexibility index (Phi) is 12.3. The van der Waals surface area contributed by atoms with Crippen molar-refractivity contribution < 1.29 is 0 Å². The highest BCUT2D eigenvalue weighted by molar-refractivity contribution is 5.94. The Morgan fingerprint density at radius 3 is 0.954 bits per heavy atom. The molecule has 0 atom stereocenters. The fourth-order valence-electron chi connectivity index (χ4n) is 14.2. The van der Waals surface area contributed by atoms with E-state index < -0.39 is 0 Å². The fourth-order valence-corrected chi connectivity index (χ4v) is 14.2. The average molecular weight is 1120 g/mol. The van der Waals surface area contributed by atoms with Crippen LogP contribution in [0.2, 0.25) is 0 Å². The zero-order valence-electron chi connectivity index (χ0n) is 49.7. The van der Waals surface area contributed by atoms with Crippen LogP contribution in [0.1, 0.15) is 103 Å². The second-order valence-electron chi connectivity index (χ2n) is 25.2. The summed E-state index contributed by atoms with van der Waals surface area (Å²) in [7, 11) is 0. The van der Waals surface area contributed by atoms with Crippen LogP contribution in [0.3, 0.4) is 0 Å². The van der Waals surface area contributed by atoms with Gasteiger partial charge in [0, 0.05) is 50.4 Å². The Hall–Kier alpha value is -10.8. The predicted molar refractivity (Wildman–Crippen MR) is 365 cm³/mol. The lowest BCUT2D eigenvalue weighted by atomic mass is 9.81. The summed E-state index contributed by atoms with van der Waals surface area (Å²) in [5.41, 5.74) is 27.3. The minimum atomic E-state index is -0.239. The van der Waals surface area contributed by atoms with Crippen molar-refractivity contribution >= 4 is 85.7 Å². The van der Waals surface area contributed by atoms with Crippen LogP contribution in [-0.2, 0) is 16.2 Å². The van der Waals surface area contributed by atoms with E-state index in [0.717, 1.165) is 34.1 Å². The quantitative estimate of drug-likeness (QED) is 0.101. The number of benzene rings is 12. The third-order valence-electron chi connectivity index (χ3n) is 19.0. The van der Waals surface area contributed by atoms with Crippen LogP contribution in [0.25, 0.3) is 84.1 Å². The van der Waals surface area contributed by atoms with E-state index in [1.165, 1.54) is 111 Å². The van der Waals surface area contributed by atoms with Crippen molar-refractivity contribution in [2.75, 3.05) is 9.80 Å². The standard InChI is InChI=1S/C83H62N4/c1-81(2)75-44-53(16-18-55-24-40-71-73-42-36-67(50-79(73)82(3,4)77(71)46-55)86(63-30-20-57(52-84)21-31-63)65-32-26-58-12-8-10-14-60(58)48-65)22-38-69(75)70-39-23-54(45-76(70)81)17-19-56-25-41-72-74-43-37-68(51-80(74)83(5,6)78(72)47-56)87(64-34-28-62(85-7)29-35-64)66-33-27-59-13-9-11-15-61(59)49-66/h8-51H,1-6H3/b18-16+,19-17+. The van der Waals surface area contributed by atoms with Crippen LogP contribution in [-0.4, -0.2) is 0 Å². The Bertz CT molecular complexity index is 4660. The number of nitrogens with zero attached hydrogens (tertiary/aromatic N) is 4. The molecule has 0 aromatic heterocycles. The van der Waals surface area contributed by atoms with Gasteiger partial charge < -0.3 is 9.80 Å². The number of anilines is 6. The molecule has 0 heterocycles. The molecule has 3 aliphatic rings. The smallest absolute Gasteiger partial charge is 0.187 e. The van der Waals surface area contributed by atoms with Gasteiger partial charge in [-0.3, -0.25) is 0 Å². The Balaban J connectivity index is 0.666. The largest absolute Gasteiger partial charge is 0.311 e. The maximum absolute atomic E-state index is 9.64. The molecule has 4 nitrogen and oxygen atoms in total. The Morgan fingerprint density at radius 2 is 0.609 bits per heavy atom. The average Bonchev–Trinajstić information content (AvgIpc) is 2.82. The molecule has 0 saturated heterocycles. The molecule has 414 valence electrons. The van der Waals surface area contributed by atoms with Crippen molar-refractivity contribution in [1.82, 2.24) is 0 Å². The molecule has 15 rings (SSSR count). The molecule has 0 N–H and O–H groups in total. The molecular weight excluding hydrogens is 1050 g/mol. The second-order valence-corrected chi connectivity index (χ2v) is 25.2. The summed E-state index contributed by atoms with van der Waals surface area (Å²) >= 11 is 0. The van der Waals surface area contributed by atoms with Crippen molar-refractivity contribution in [2.45, 2.75) is 57.8 Å². The van der Waals surface area contributed by atoms with Gasteiger partial charge in [0.15, 0.2) is 5.69 Å². The summed E-state index contributed by atoms with van der Waals surface area (Å²) in [4.78, 5) is 8.30. The topological polar surface area (TPSA) is 34.6 Å². The summed E-state index contributed by atoms with van der Waals surface area (Å²) in [5.74, 6) is 0. The van der Waals surface area contributed by atoms with Crippen molar-refractivity contribution in [3.05, 3.63) is 315 Å². The van der Waals surface area contributed by atoms with E-state index in [2.05, 4.69) is 293 Å². The van der Waals surface area contributed by atoms with Crippen LogP contribution in [0.5, 0.6) is 0 Å². The summed E-state index contributed by atoms with van der Waals surface area (Å²) in [6.07, 6.45) is 9.09. The summed E-state index contributed by atoms with van der Waals surface area (Å²) < 4.78 is 0. The third-order valence-corrected chi connectivity index (χ3v) is 19.0. The normalized spacial score (nSPS) is 14.3. The van der Waals surface area contributed by atoms with Crippen LogP contribution in [0.15, 0.2) is 243 Å². The first-order chi connectivity index (χ1) is 42.2. The molecule has 0 unspecified atom stereocenters. The van der Waals surface area contributed by atoms with Gasteiger partial charge in [-0.25, -0.2) is 4.85 Å². The molecule has 0 amide bonds. The van der Waals surface area contributed by atoms with Crippen LogP contribution in [0, 0.1) is 17.9 Å². The Labute approximate surface area is 510 Å². The zero-order chi connectivity index (χ0) is 59.3. The highest BCUT2D eigenvalue weighted by Crippen LogP contribution is 2.54. The number of nitriles is 1. The monoisotopic (exact) mass is 1110 g/mol. The first-order valence-corrected chi connectivity index (χ1v) is 30.0. The number of hydrogen-bond acceptors (Lipinski definition) is 3. The van der Waals surface area contributed by atoms with Gasteiger partial charge in [0.05, 0.1) is 18.2 Å². The van der Waals surface area contributed by atoms with Gasteiger partial charge in [-0.05, 0) is 195 Å². The van der Waals surface area contributed by atoms with Gasteiger partial charge in [-0.1, -0.05) is 224 Å². The summed E-state index contributed by atoms with van der Waals surface area (Å²) in [5, 5.41) is 14.4. The number of fused-ring (bicyclic) bond motifs is 11. The van der Waals surface area contributed by atoms with Gasteiger partial charge in [0.1, 0.15) is 0 Å². The lowest BCUT2D eigenvalue weighted by molar-refractivity contribution is 0.660. The molecular formula is C83H62N4. The molecule has 0 aliphatic heterocycles. The van der Waals surface area contributed by atoms with Gasteiger partial charge in [0.2, 0.25) is 0 Å². The van der Waals surface area contributed by atoms with Crippen molar-refractivity contribution in [2.24, 2.45) is 0 Å². The van der Waals surface area contributed by atoms with E-state index in [4.69, 9.17) is 6.57 Å². The molecule has 0 fully saturated rings. The molecule has 0 radical (unpaired) electrons. The molecule has 3 aliphatic carbocycles. The van der Waals surface area contributed by atoms with Gasteiger partial charge >= 0.3 is 0 Å². The summed E-state index contributed by atoms with van der Waals surface area (Å²) in [6, 6.07) is 90.1. The number of hydrogen-bond donors (Lipinski definition) is 0. The summed E-state index contributed by atoms with van der Waals surface area (Å²) in [6.45, 7) is 21.7. The molecule has 0 spiro atoms. The maximum atomic E-state index is 9.64. The van der Waals surface area contributed by atoms with Crippen LogP contribution < -0.4 is 9.80 Å². The Morgan fingerprint density at radius 1 is 0.322 bits per heavy atom. The molecule has 0 bridgehead atoms. The molecule has 12 aromatic rings. The SMILES string of the molecule is [C-]#[N+]c1ccc(N(c2ccc3c(c2)C(C)(C)c2cc(/C=C/c4ccc5c(c4)C(C)(C)c4cc(/C=C/c6ccc7c(c6)C(C)(C)c6cc(N(c8ccc(C#N)cc8)c8ccc9ccccc9c8)ccc6-7)ccc4-5)ccc2-3)c2ccc3ccccc3c2)cc1. The molecule has 4 heteroatoms. The predicted octanol–water partition coefficient (Wildman–Crippen LogP) is 22.6. The van der Waals surface area contributed by atoms with Crippen LogP contribution >= 0.6 is 0 Å². The van der Waals surface area contributed by atoms with Gasteiger partial charge in [-0.2, -0.15) is 5.26 Å². The van der Waals surface area contributed by atoms with E-state index in [9.17, 15) is 5.26 Å². The lowest BCUT2D eigenvalue weighted by Crippen LogP contribution is -2.16. The van der Waals surface area contributed by atoms with E-state index in [0.29, 0.717) is 11.3 Å². The van der Waals surface area contributed by atoms with Crippen molar-refractivity contribution in [3.63, 3.8) is 0 Å². The minimum Gasteiger partial charge on any atom is -0.311 e. The van der Waals surface area contributed by atoms with Gasteiger partial charge in [0.25, 0.3) is 0 Å². The first-order valence-electron chi connectivity index (χ1n) is 30.0. The highest BCUT2D eigenvalue weighted by atomic mass is 15.1. The minimum absolute atomic E-state index is 0.183. The first kappa shape index (κ1) is 53.0. The third kappa shape index (κ3) is 8.87. The van der Waals surface area contributed by atoms with Crippen molar-refractivity contribution in [1.29, 1.82) is 5.26 Å². The molecule has 0 saturated carbocycles. The molecule has 12 aromatic carbocycles. The van der Waals surface area contributed by atoms with Crippen molar-refractivity contribution in [3.8, 4) is 39.4 Å². The lowest BCUT2D eigenvalue weighted by Gasteiger charge is -2.28.